The number of thiophene rings is 1. The summed E-state index contributed by atoms with van der Waals surface area (Å²) < 4.78 is 29.5. The third-order valence-electron chi connectivity index (χ3n) is 4.23. The van der Waals surface area contributed by atoms with Crippen LogP contribution in [0.3, 0.4) is 0 Å². The van der Waals surface area contributed by atoms with E-state index in [1.807, 2.05) is 5.40 Å². The van der Waals surface area contributed by atoms with Gasteiger partial charge in [0.05, 0.1) is 17.8 Å². The van der Waals surface area contributed by atoms with Gasteiger partial charge in [-0.05, 0) is 44.0 Å². The number of esters is 1. The average molecular weight is 432 g/mol. The van der Waals surface area contributed by atoms with Gasteiger partial charge in [0.25, 0.3) is 0 Å². The highest BCUT2D eigenvalue weighted by molar-refractivity contribution is 8.04. The highest BCUT2D eigenvalue weighted by Crippen LogP contribution is 2.40. The summed E-state index contributed by atoms with van der Waals surface area (Å²) in [4.78, 5) is 25.6. The summed E-state index contributed by atoms with van der Waals surface area (Å²) in [5, 5.41) is 14.3. The van der Waals surface area contributed by atoms with Crippen molar-refractivity contribution in [3.63, 3.8) is 0 Å². The van der Waals surface area contributed by atoms with E-state index in [2.05, 4.69) is 5.32 Å². The first kappa shape index (κ1) is 21.7. The van der Waals surface area contributed by atoms with Gasteiger partial charge in [-0.2, -0.15) is 5.26 Å². The molecule has 11 heteroatoms. The number of carbonyl (C=O) groups is 2. The zero-order valence-corrected chi connectivity index (χ0v) is 17.7. The predicted molar refractivity (Wildman–Crippen MR) is 104 cm³/mol. The van der Waals surface area contributed by atoms with E-state index in [1.54, 1.807) is 13.8 Å². The van der Waals surface area contributed by atoms with E-state index in [4.69, 9.17) is 10.00 Å². The van der Waals surface area contributed by atoms with Gasteiger partial charge in [0.15, 0.2) is 0 Å². The van der Waals surface area contributed by atoms with E-state index in [1.165, 1.54) is 4.31 Å². The average Bonchev–Trinajstić information content (AvgIpc) is 2.91. The number of ether oxygens (including phenoxy) is 1. The molecule has 2 rings (SSSR count). The van der Waals surface area contributed by atoms with Crippen molar-refractivity contribution in [3.05, 3.63) is 10.4 Å². The Balaban J connectivity index is 2.14. The molecular formula is C16H21N3O5S3. The normalized spacial score (nSPS) is 15.9. The monoisotopic (exact) mass is 431 g/mol. The van der Waals surface area contributed by atoms with Crippen molar-refractivity contribution in [2.45, 2.75) is 31.6 Å². The molecule has 0 aliphatic carbocycles. The van der Waals surface area contributed by atoms with E-state index in [-0.39, 0.29) is 18.4 Å². The van der Waals surface area contributed by atoms with Crippen LogP contribution in [0, 0.1) is 23.5 Å². The number of piperidine rings is 1. The Morgan fingerprint density at radius 2 is 2.04 bits per heavy atom. The molecule has 1 aromatic heterocycles. The maximum atomic E-state index is 12.6. The first-order valence-electron chi connectivity index (χ1n) is 8.31. The van der Waals surface area contributed by atoms with Gasteiger partial charge in [0, 0.05) is 19.0 Å². The number of nitriles is 1. The zero-order valence-electron chi connectivity index (χ0n) is 15.3. The topological polar surface area (TPSA) is 117 Å². The predicted octanol–water partition coefficient (Wildman–Crippen LogP) is 2.42. The number of thioether (sulfide) groups is 1. The summed E-state index contributed by atoms with van der Waals surface area (Å²) in [6.45, 7) is 4.25. The van der Waals surface area contributed by atoms with Crippen LogP contribution in [0.4, 0.5) is 5.00 Å². The van der Waals surface area contributed by atoms with Crippen molar-refractivity contribution in [2.24, 2.45) is 5.92 Å². The fourth-order valence-electron chi connectivity index (χ4n) is 2.80. The number of amides is 1. The number of hydrogen-bond donors (Lipinski definition) is 1. The molecule has 0 bridgehead atoms. The molecule has 0 atom stereocenters. The standard InChI is InChI=1S/C16H21N3O5S3/c1-4-24-16(21)13-10(2)12(25-9-17)15(26-13)18-14(20)11-5-7-19(8-6-11)27(3,22)23/h11H,4-8H2,1-3H3,(H,18,20). The second-order valence-corrected chi connectivity index (χ2v) is 9.85. The molecule has 1 N–H and O–H groups in total. The Morgan fingerprint density at radius 3 is 2.56 bits per heavy atom. The fraction of sp³-hybridized carbons (Fsp3) is 0.562. The van der Waals surface area contributed by atoms with E-state index in [0.29, 0.717) is 46.3 Å². The number of hydrogen-bond acceptors (Lipinski definition) is 8. The van der Waals surface area contributed by atoms with Crippen LogP contribution in [0.5, 0.6) is 0 Å². The van der Waals surface area contributed by atoms with Crippen molar-refractivity contribution in [1.29, 1.82) is 5.26 Å². The van der Waals surface area contributed by atoms with Gasteiger partial charge in [0.1, 0.15) is 15.3 Å². The highest BCUT2D eigenvalue weighted by Gasteiger charge is 2.30. The van der Waals surface area contributed by atoms with Crippen molar-refractivity contribution in [3.8, 4) is 5.40 Å². The molecule has 1 fully saturated rings. The van der Waals surface area contributed by atoms with Gasteiger partial charge < -0.3 is 10.1 Å². The minimum absolute atomic E-state index is 0.234. The SMILES string of the molecule is CCOC(=O)c1sc(NC(=O)C2CCN(S(C)(=O)=O)CC2)c(SC#N)c1C. The molecule has 1 aliphatic rings. The smallest absolute Gasteiger partial charge is 0.348 e. The van der Waals surface area contributed by atoms with Gasteiger partial charge in [-0.1, -0.05) is 0 Å². The molecule has 8 nitrogen and oxygen atoms in total. The Hall–Kier alpha value is -1.61. The first-order valence-corrected chi connectivity index (χ1v) is 11.8. The molecule has 27 heavy (non-hydrogen) atoms. The molecule has 0 aromatic carbocycles. The summed E-state index contributed by atoms with van der Waals surface area (Å²) in [5.41, 5.74) is 0.604. The number of nitrogens with one attached hydrogen (secondary N) is 1. The summed E-state index contributed by atoms with van der Waals surface area (Å²) >= 11 is 1.97. The fourth-order valence-corrected chi connectivity index (χ4v) is 5.48. The van der Waals surface area contributed by atoms with E-state index in [0.717, 1.165) is 29.4 Å². The summed E-state index contributed by atoms with van der Waals surface area (Å²) in [7, 11) is -3.25. The third kappa shape index (κ3) is 5.22. The lowest BCUT2D eigenvalue weighted by molar-refractivity contribution is -0.120. The molecule has 1 aromatic rings. The molecule has 1 aliphatic heterocycles. The van der Waals surface area contributed by atoms with Gasteiger partial charge in [-0.3, -0.25) is 4.79 Å². The highest BCUT2D eigenvalue weighted by atomic mass is 32.2. The van der Waals surface area contributed by atoms with Crippen molar-refractivity contribution in [2.75, 3.05) is 31.3 Å². The molecule has 0 unspecified atom stereocenters. The Morgan fingerprint density at radius 1 is 1.41 bits per heavy atom. The number of thiocyanates is 1. The quantitative estimate of drug-likeness (QED) is 0.418. The number of sulfonamides is 1. The Labute approximate surface area is 166 Å². The first-order chi connectivity index (χ1) is 12.7. The van der Waals surface area contributed by atoms with Crippen LogP contribution in [0.2, 0.25) is 0 Å². The van der Waals surface area contributed by atoms with Crippen molar-refractivity contribution >= 4 is 50.0 Å². The lowest BCUT2D eigenvalue weighted by Gasteiger charge is -2.29. The number of nitrogens with zero attached hydrogens (tertiary/aromatic N) is 2. The number of carbonyl (C=O) groups excluding carboxylic acids is 2. The second-order valence-electron chi connectivity index (χ2n) is 6.05. The maximum absolute atomic E-state index is 12.6. The Kier molecular flexibility index (Phi) is 7.27. The molecule has 2 heterocycles. The Bertz CT molecular complexity index is 865. The van der Waals surface area contributed by atoms with Crippen LogP contribution in [0.25, 0.3) is 0 Å². The van der Waals surface area contributed by atoms with Crippen molar-refractivity contribution in [1.82, 2.24) is 4.31 Å². The maximum Gasteiger partial charge on any atom is 0.348 e. The molecule has 0 radical (unpaired) electrons. The van der Waals surface area contributed by atoms with Crippen LogP contribution >= 0.6 is 23.1 Å². The zero-order chi connectivity index (χ0) is 20.2. The summed E-state index contributed by atoms with van der Waals surface area (Å²) in [5.74, 6) is -1.04. The largest absolute Gasteiger partial charge is 0.462 e. The van der Waals surface area contributed by atoms with Crippen LogP contribution in [-0.2, 0) is 19.6 Å². The minimum Gasteiger partial charge on any atom is -0.462 e. The molecule has 0 saturated carbocycles. The van der Waals surface area contributed by atoms with E-state index >= 15 is 0 Å². The van der Waals surface area contributed by atoms with Gasteiger partial charge in [0.2, 0.25) is 15.9 Å². The van der Waals surface area contributed by atoms with Crippen LogP contribution < -0.4 is 5.32 Å². The van der Waals surface area contributed by atoms with Gasteiger partial charge in [-0.25, -0.2) is 17.5 Å². The van der Waals surface area contributed by atoms with Gasteiger partial charge >= 0.3 is 5.97 Å². The summed E-state index contributed by atoms with van der Waals surface area (Å²) in [6.07, 6.45) is 2.01. The van der Waals surface area contributed by atoms with Crippen LogP contribution in [0.1, 0.15) is 35.0 Å². The molecule has 1 amide bonds. The third-order valence-corrected chi connectivity index (χ3v) is 7.66. The minimum atomic E-state index is -3.25. The molecular weight excluding hydrogens is 410 g/mol. The van der Waals surface area contributed by atoms with E-state index in [9.17, 15) is 18.0 Å². The number of anilines is 1. The second kappa shape index (κ2) is 9.05. The molecule has 1 saturated heterocycles. The lowest BCUT2D eigenvalue weighted by Crippen LogP contribution is -2.40. The molecule has 0 spiro atoms. The van der Waals surface area contributed by atoms with Crippen LogP contribution in [0.15, 0.2) is 4.90 Å². The molecule has 148 valence electrons. The lowest BCUT2D eigenvalue weighted by atomic mass is 9.97. The van der Waals surface area contributed by atoms with E-state index < -0.39 is 16.0 Å². The van der Waals surface area contributed by atoms with Crippen LogP contribution in [-0.4, -0.2) is 50.6 Å². The number of rotatable bonds is 6. The summed E-state index contributed by atoms with van der Waals surface area (Å²) in [6, 6.07) is 0. The van der Waals surface area contributed by atoms with Gasteiger partial charge in [-0.15, -0.1) is 11.3 Å². The van der Waals surface area contributed by atoms with Crippen molar-refractivity contribution < 1.29 is 22.7 Å².